The third-order valence-electron chi connectivity index (χ3n) is 3.22. The van der Waals surface area contributed by atoms with E-state index in [1.54, 1.807) is 0 Å². The van der Waals surface area contributed by atoms with Crippen molar-refractivity contribution in [1.29, 1.82) is 0 Å². The third kappa shape index (κ3) is 2.82. The summed E-state index contributed by atoms with van der Waals surface area (Å²) < 4.78 is 12.3. The number of nitrogens with one attached hydrogen (secondary N) is 1. The summed E-state index contributed by atoms with van der Waals surface area (Å²) in [4.78, 5) is 10.9. The van der Waals surface area contributed by atoms with Crippen molar-refractivity contribution in [3.05, 3.63) is 35.4 Å². The fourth-order valence-corrected chi connectivity index (χ4v) is 2.25. The van der Waals surface area contributed by atoms with Crippen molar-refractivity contribution in [2.45, 2.75) is 18.9 Å². The van der Waals surface area contributed by atoms with Crippen LogP contribution in [0.15, 0.2) is 24.3 Å². The van der Waals surface area contributed by atoms with Crippen LogP contribution in [0.3, 0.4) is 0 Å². The first-order valence-corrected chi connectivity index (χ1v) is 5.81. The highest BCUT2D eigenvalue weighted by molar-refractivity contribution is 5.70. The molecule has 1 aromatic carbocycles. The van der Waals surface area contributed by atoms with Crippen LogP contribution in [0.4, 0.5) is 4.39 Å². The van der Waals surface area contributed by atoms with Crippen LogP contribution < -0.4 is 5.32 Å². The van der Waals surface area contributed by atoms with Crippen LogP contribution in [0.5, 0.6) is 0 Å². The largest absolute Gasteiger partial charge is 0.481 e. The maximum atomic E-state index is 12.3. The number of benzene rings is 1. The molecule has 1 fully saturated rings. The number of hydrogen-bond donors (Lipinski definition) is 2. The smallest absolute Gasteiger partial charge is 0.307 e. The summed E-state index contributed by atoms with van der Waals surface area (Å²) in [6.45, 7) is 0.145. The number of carbonyl (C=O) groups is 1. The highest BCUT2D eigenvalue weighted by atomic mass is 19.1. The molecular formula is C13H16FNO2. The number of hydrogen-bond acceptors (Lipinski definition) is 2. The van der Waals surface area contributed by atoms with Gasteiger partial charge in [-0.2, -0.15) is 0 Å². The first-order valence-electron chi connectivity index (χ1n) is 5.81. The lowest BCUT2D eigenvalue weighted by Gasteiger charge is -2.11. The van der Waals surface area contributed by atoms with Crippen LogP contribution >= 0.6 is 0 Å². The van der Waals surface area contributed by atoms with Gasteiger partial charge in [-0.1, -0.05) is 24.3 Å². The van der Waals surface area contributed by atoms with Gasteiger partial charge in [0.25, 0.3) is 0 Å². The normalized spacial score (nSPS) is 23.8. The van der Waals surface area contributed by atoms with E-state index in [0.717, 1.165) is 11.1 Å². The molecular weight excluding hydrogens is 221 g/mol. The van der Waals surface area contributed by atoms with Crippen molar-refractivity contribution >= 4 is 5.97 Å². The molecule has 1 aliphatic rings. The fourth-order valence-electron chi connectivity index (χ4n) is 2.25. The molecule has 2 N–H and O–H groups in total. The molecule has 1 saturated heterocycles. The van der Waals surface area contributed by atoms with E-state index in [1.165, 1.54) is 0 Å². The second kappa shape index (κ2) is 5.27. The van der Waals surface area contributed by atoms with Crippen LogP contribution in [0, 0.1) is 5.92 Å². The second-order valence-electron chi connectivity index (χ2n) is 4.42. The van der Waals surface area contributed by atoms with Crippen LogP contribution in [0.1, 0.15) is 23.6 Å². The van der Waals surface area contributed by atoms with Crippen molar-refractivity contribution < 1.29 is 14.3 Å². The summed E-state index contributed by atoms with van der Waals surface area (Å²) in [6, 6.07) is 7.80. The molecule has 17 heavy (non-hydrogen) atoms. The predicted octanol–water partition coefficient (Wildman–Crippen LogP) is 1.93. The van der Waals surface area contributed by atoms with Crippen molar-refractivity contribution in [2.75, 3.05) is 13.2 Å². The molecule has 4 heteroatoms. The standard InChI is InChI=1S/C13H16FNO2/c14-5-4-9-2-1-3-10(6-9)12-7-11(8-15-12)13(16)17/h1-3,6,11-12,15H,4-5,7-8H2,(H,16,17). The Morgan fingerprint density at radius 2 is 2.35 bits per heavy atom. The highest BCUT2D eigenvalue weighted by Gasteiger charge is 2.29. The molecule has 2 rings (SSSR count). The summed E-state index contributed by atoms with van der Waals surface area (Å²) in [5.74, 6) is -1.07. The topological polar surface area (TPSA) is 49.3 Å². The van der Waals surface area contributed by atoms with E-state index in [9.17, 15) is 9.18 Å². The number of aliphatic carboxylic acids is 1. The minimum absolute atomic E-state index is 0.0793. The van der Waals surface area contributed by atoms with E-state index in [2.05, 4.69) is 5.32 Å². The average molecular weight is 237 g/mol. The number of rotatable bonds is 4. The summed E-state index contributed by atoms with van der Waals surface area (Å²) in [5.41, 5.74) is 2.02. The Hall–Kier alpha value is -1.42. The molecule has 1 heterocycles. The molecule has 3 nitrogen and oxygen atoms in total. The lowest BCUT2D eigenvalue weighted by Crippen LogP contribution is -2.17. The summed E-state index contributed by atoms with van der Waals surface area (Å²) in [5, 5.41) is 12.1. The van der Waals surface area contributed by atoms with Gasteiger partial charge >= 0.3 is 5.97 Å². The number of alkyl halides is 1. The zero-order valence-electron chi connectivity index (χ0n) is 9.53. The highest BCUT2D eigenvalue weighted by Crippen LogP contribution is 2.27. The van der Waals surface area contributed by atoms with E-state index < -0.39 is 5.97 Å². The molecule has 0 amide bonds. The number of aryl methyl sites for hydroxylation is 1. The minimum Gasteiger partial charge on any atom is -0.481 e. The van der Waals surface area contributed by atoms with Gasteiger partial charge in [-0.3, -0.25) is 9.18 Å². The van der Waals surface area contributed by atoms with E-state index in [0.29, 0.717) is 19.4 Å². The molecule has 2 atom stereocenters. The third-order valence-corrected chi connectivity index (χ3v) is 3.22. The van der Waals surface area contributed by atoms with Crippen LogP contribution in [0.2, 0.25) is 0 Å². The Bertz CT molecular complexity index is 408. The Kier molecular flexibility index (Phi) is 3.74. The molecule has 0 radical (unpaired) electrons. The van der Waals surface area contributed by atoms with Gasteiger partial charge in [-0.15, -0.1) is 0 Å². The Morgan fingerprint density at radius 3 is 3.00 bits per heavy atom. The Balaban J connectivity index is 2.08. The Labute approximate surface area is 99.7 Å². The van der Waals surface area contributed by atoms with Crippen molar-refractivity contribution in [2.24, 2.45) is 5.92 Å². The zero-order valence-corrected chi connectivity index (χ0v) is 9.53. The molecule has 0 spiro atoms. The van der Waals surface area contributed by atoms with Crippen molar-refractivity contribution in [3.8, 4) is 0 Å². The first-order chi connectivity index (χ1) is 8.20. The monoisotopic (exact) mass is 237 g/mol. The van der Waals surface area contributed by atoms with Crippen LogP contribution in [0.25, 0.3) is 0 Å². The summed E-state index contributed by atoms with van der Waals surface area (Å²) >= 11 is 0. The zero-order chi connectivity index (χ0) is 12.3. The molecule has 0 aromatic heterocycles. The van der Waals surface area contributed by atoms with Gasteiger partial charge < -0.3 is 10.4 Å². The van der Waals surface area contributed by atoms with Crippen LogP contribution in [-0.2, 0) is 11.2 Å². The van der Waals surface area contributed by atoms with Gasteiger partial charge in [0.2, 0.25) is 0 Å². The SMILES string of the molecule is O=C(O)C1CNC(c2cccc(CCF)c2)C1. The Morgan fingerprint density at radius 1 is 1.53 bits per heavy atom. The number of carboxylic acids is 1. The van der Waals surface area contributed by atoms with E-state index in [4.69, 9.17) is 5.11 Å². The maximum absolute atomic E-state index is 12.3. The number of carboxylic acid groups (broad SMARTS) is 1. The van der Waals surface area contributed by atoms with Gasteiger partial charge in [-0.05, 0) is 17.5 Å². The number of halogens is 1. The minimum atomic E-state index is -0.750. The van der Waals surface area contributed by atoms with Gasteiger partial charge in [0.05, 0.1) is 12.6 Å². The van der Waals surface area contributed by atoms with Crippen LogP contribution in [-0.4, -0.2) is 24.3 Å². The van der Waals surface area contributed by atoms with Gasteiger partial charge in [0.1, 0.15) is 0 Å². The summed E-state index contributed by atoms with van der Waals surface area (Å²) in [6.07, 6.45) is 1.03. The second-order valence-corrected chi connectivity index (χ2v) is 4.42. The quantitative estimate of drug-likeness (QED) is 0.841. The van der Waals surface area contributed by atoms with Gasteiger partial charge in [-0.25, -0.2) is 0 Å². The van der Waals surface area contributed by atoms with E-state index >= 15 is 0 Å². The maximum Gasteiger partial charge on any atom is 0.307 e. The molecule has 1 aromatic rings. The lowest BCUT2D eigenvalue weighted by molar-refractivity contribution is -0.141. The van der Waals surface area contributed by atoms with Crippen molar-refractivity contribution in [3.63, 3.8) is 0 Å². The average Bonchev–Trinajstić information content (AvgIpc) is 2.79. The van der Waals surface area contributed by atoms with E-state index in [1.807, 2.05) is 24.3 Å². The molecule has 0 saturated carbocycles. The molecule has 2 unspecified atom stereocenters. The molecule has 0 aliphatic carbocycles. The van der Waals surface area contributed by atoms with Gasteiger partial charge in [0.15, 0.2) is 0 Å². The van der Waals surface area contributed by atoms with E-state index in [-0.39, 0.29) is 18.6 Å². The predicted molar refractivity (Wildman–Crippen MR) is 62.6 cm³/mol. The fraction of sp³-hybridized carbons (Fsp3) is 0.462. The molecule has 92 valence electrons. The molecule has 1 aliphatic heterocycles. The van der Waals surface area contributed by atoms with Crippen molar-refractivity contribution in [1.82, 2.24) is 5.32 Å². The summed E-state index contributed by atoms with van der Waals surface area (Å²) in [7, 11) is 0. The lowest BCUT2D eigenvalue weighted by atomic mass is 9.98. The first kappa shape index (κ1) is 12.0. The molecule has 0 bridgehead atoms. The van der Waals surface area contributed by atoms with Gasteiger partial charge in [0, 0.05) is 19.0 Å².